The zero-order chi connectivity index (χ0) is 17.6. The van der Waals surface area contributed by atoms with Gasteiger partial charge in [0.2, 0.25) is 15.9 Å². The van der Waals surface area contributed by atoms with Gasteiger partial charge in [-0.2, -0.15) is 0 Å². The van der Waals surface area contributed by atoms with Crippen LogP contribution >= 0.6 is 11.3 Å². The summed E-state index contributed by atoms with van der Waals surface area (Å²) in [5, 5.41) is 2.67. The van der Waals surface area contributed by atoms with Crippen molar-refractivity contribution in [1.29, 1.82) is 0 Å². The van der Waals surface area contributed by atoms with Gasteiger partial charge in [-0.05, 0) is 51.4 Å². The Bertz CT molecular complexity index is 643. The molecule has 1 unspecified atom stereocenters. The molecule has 0 aliphatic carbocycles. The highest BCUT2D eigenvalue weighted by Crippen LogP contribution is 2.21. The van der Waals surface area contributed by atoms with E-state index < -0.39 is 10.0 Å². The number of likely N-dealkylation sites (tertiary alicyclic amines) is 1. The highest BCUT2D eigenvalue weighted by molar-refractivity contribution is 7.91. The number of sulfonamides is 1. The van der Waals surface area contributed by atoms with E-state index in [1.54, 1.807) is 12.1 Å². The van der Waals surface area contributed by atoms with Gasteiger partial charge < -0.3 is 10.2 Å². The Hall–Kier alpha value is -0.960. The molecule has 1 saturated heterocycles. The number of hydrogen-bond acceptors (Lipinski definition) is 5. The van der Waals surface area contributed by atoms with E-state index in [9.17, 15) is 13.2 Å². The number of carbonyl (C=O) groups is 1. The molecule has 0 spiro atoms. The molecule has 24 heavy (non-hydrogen) atoms. The molecule has 2 N–H and O–H groups in total. The smallest absolute Gasteiger partial charge is 0.250 e. The van der Waals surface area contributed by atoms with Gasteiger partial charge in [0, 0.05) is 24.4 Å². The summed E-state index contributed by atoms with van der Waals surface area (Å²) in [6, 6.07) is 3.94. The summed E-state index contributed by atoms with van der Waals surface area (Å²) in [6.07, 6.45) is 4.58. The van der Waals surface area contributed by atoms with Crippen molar-refractivity contribution >= 4 is 27.3 Å². The molecule has 0 saturated carbocycles. The van der Waals surface area contributed by atoms with Crippen LogP contribution in [0, 0.1) is 0 Å². The first kappa shape index (κ1) is 19.4. The number of carbonyl (C=O) groups excluding carboxylic acids is 1. The molecule has 1 aromatic heterocycles. The van der Waals surface area contributed by atoms with E-state index >= 15 is 0 Å². The summed E-state index contributed by atoms with van der Waals surface area (Å²) in [5.41, 5.74) is 0. The van der Waals surface area contributed by atoms with Crippen molar-refractivity contribution in [3.63, 3.8) is 0 Å². The maximum absolute atomic E-state index is 12.3. The van der Waals surface area contributed by atoms with Gasteiger partial charge >= 0.3 is 0 Å². The SMILES string of the molecule is CC(=O)NCc1ccc(S(=O)(=O)NCCCN2CCCCC2C)s1. The highest BCUT2D eigenvalue weighted by atomic mass is 32.2. The zero-order valence-corrected chi connectivity index (χ0v) is 16.0. The number of nitrogens with zero attached hydrogens (tertiary/aromatic N) is 1. The maximum atomic E-state index is 12.3. The predicted octanol–water partition coefficient (Wildman–Crippen LogP) is 1.93. The fraction of sp³-hybridized carbons (Fsp3) is 0.688. The van der Waals surface area contributed by atoms with Crippen LogP contribution in [0.5, 0.6) is 0 Å². The third kappa shape index (κ3) is 5.84. The number of amides is 1. The van der Waals surface area contributed by atoms with Gasteiger partial charge in [-0.1, -0.05) is 6.42 Å². The average molecular weight is 374 g/mol. The molecule has 1 aromatic rings. The highest BCUT2D eigenvalue weighted by Gasteiger charge is 2.19. The van der Waals surface area contributed by atoms with E-state index in [1.165, 1.54) is 37.5 Å². The average Bonchev–Trinajstić information content (AvgIpc) is 3.01. The minimum atomic E-state index is -3.46. The molecular weight excluding hydrogens is 346 g/mol. The number of nitrogens with one attached hydrogen (secondary N) is 2. The van der Waals surface area contributed by atoms with Gasteiger partial charge in [-0.25, -0.2) is 13.1 Å². The van der Waals surface area contributed by atoms with Crippen LogP contribution in [-0.2, 0) is 21.4 Å². The molecule has 136 valence electrons. The molecule has 1 aliphatic heterocycles. The maximum Gasteiger partial charge on any atom is 0.250 e. The monoisotopic (exact) mass is 373 g/mol. The van der Waals surface area contributed by atoms with Crippen molar-refractivity contribution in [2.45, 2.75) is 56.3 Å². The van der Waals surface area contributed by atoms with Crippen LogP contribution in [0.3, 0.4) is 0 Å². The topological polar surface area (TPSA) is 78.5 Å². The summed E-state index contributed by atoms with van der Waals surface area (Å²) >= 11 is 1.19. The van der Waals surface area contributed by atoms with Crippen LogP contribution in [0.2, 0.25) is 0 Å². The molecule has 8 heteroatoms. The van der Waals surface area contributed by atoms with Crippen LogP contribution in [0.4, 0.5) is 0 Å². The van der Waals surface area contributed by atoms with E-state index in [1.807, 2.05) is 0 Å². The summed E-state index contributed by atoms with van der Waals surface area (Å²) < 4.78 is 27.6. The Kier molecular flexibility index (Phi) is 7.21. The molecule has 1 aliphatic rings. The van der Waals surface area contributed by atoms with Gasteiger partial charge in [0.05, 0.1) is 6.54 Å². The van der Waals surface area contributed by atoms with Gasteiger partial charge in [-0.15, -0.1) is 11.3 Å². The minimum absolute atomic E-state index is 0.127. The molecule has 2 rings (SSSR count). The molecule has 1 amide bonds. The Balaban J connectivity index is 1.77. The molecule has 1 fully saturated rings. The van der Waals surface area contributed by atoms with Gasteiger partial charge in [0.1, 0.15) is 4.21 Å². The summed E-state index contributed by atoms with van der Waals surface area (Å²) in [5.74, 6) is -0.127. The van der Waals surface area contributed by atoms with E-state index in [2.05, 4.69) is 21.9 Å². The fourth-order valence-electron chi connectivity index (χ4n) is 2.86. The minimum Gasteiger partial charge on any atom is -0.351 e. The summed E-state index contributed by atoms with van der Waals surface area (Å²) in [6.45, 7) is 6.54. The van der Waals surface area contributed by atoms with Crippen molar-refractivity contribution in [2.75, 3.05) is 19.6 Å². The van der Waals surface area contributed by atoms with Gasteiger partial charge in [0.25, 0.3) is 0 Å². The molecule has 0 aromatic carbocycles. The Morgan fingerprint density at radius 1 is 1.38 bits per heavy atom. The molecule has 0 radical (unpaired) electrons. The second kappa shape index (κ2) is 8.94. The lowest BCUT2D eigenvalue weighted by Crippen LogP contribution is -2.39. The van der Waals surface area contributed by atoms with Crippen LogP contribution in [0.15, 0.2) is 16.3 Å². The van der Waals surface area contributed by atoms with Crippen molar-refractivity contribution < 1.29 is 13.2 Å². The molecular formula is C16H27N3O3S2. The van der Waals surface area contributed by atoms with Crippen molar-refractivity contribution in [3.05, 3.63) is 17.0 Å². The normalized spacial score (nSPS) is 19.3. The lowest BCUT2D eigenvalue weighted by Gasteiger charge is -2.33. The summed E-state index contributed by atoms with van der Waals surface area (Å²) in [7, 11) is -3.46. The second-order valence-electron chi connectivity index (χ2n) is 6.26. The number of hydrogen-bond donors (Lipinski definition) is 2. The number of piperidine rings is 1. The van der Waals surface area contributed by atoms with E-state index in [-0.39, 0.29) is 5.91 Å². The van der Waals surface area contributed by atoms with Crippen LogP contribution in [-0.4, -0.2) is 44.9 Å². The van der Waals surface area contributed by atoms with E-state index in [4.69, 9.17) is 0 Å². The van der Waals surface area contributed by atoms with Crippen molar-refractivity contribution in [1.82, 2.24) is 14.9 Å². The predicted molar refractivity (Wildman–Crippen MR) is 96.5 cm³/mol. The fourth-order valence-corrected chi connectivity index (χ4v) is 5.27. The van der Waals surface area contributed by atoms with Crippen molar-refractivity contribution in [3.8, 4) is 0 Å². The number of thiophene rings is 1. The number of rotatable bonds is 8. The second-order valence-corrected chi connectivity index (χ2v) is 9.42. The van der Waals surface area contributed by atoms with Crippen LogP contribution < -0.4 is 10.0 Å². The van der Waals surface area contributed by atoms with Gasteiger partial charge in [-0.3, -0.25) is 4.79 Å². The van der Waals surface area contributed by atoms with E-state index in [0.717, 1.165) is 24.4 Å². The standard InChI is InChI=1S/C16H27N3O3S2/c1-13-6-3-4-10-19(13)11-5-9-18-24(21,22)16-8-7-15(23-16)12-17-14(2)20/h7-8,13,18H,3-6,9-12H2,1-2H3,(H,17,20). The molecule has 0 bridgehead atoms. The third-order valence-corrected chi connectivity index (χ3v) is 7.31. The lowest BCUT2D eigenvalue weighted by atomic mass is 10.0. The van der Waals surface area contributed by atoms with Crippen LogP contribution in [0.25, 0.3) is 0 Å². The van der Waals surface area contributed by atoms with E-state index in [0.29, 0.717) is 23.3 Å². The molecule has 1 atom stereocenters. The quantitative estimate of drug-likeness (QED) is 0.683. The Morgan fingerprint density at radius 3 is 2.88 bits per heavy atom. The first-order valence-corrected chi connectivity index (χ1v) is 10.8. The first-order chi connectivity index (χ1) is 11.4. The van der Waals surface area contributed by atoms with Gasteiger partial charge in [0.15, 0.2) is 0 Å². The zero-order valence-electron chi connectivity index (χ0n) is 14.4. The molecule has 6 nitrogen and oxygen atoms in total. The van der Waals surface area contributed by atoms with Crippen molar-refractivity contribution in [2.24, 2.45) is 0 Å². The lowest BCUT2D eigenvalue weighted by molar-refractivity contribution is -0.119. The first-order valence-electron chi connectivity index (χ1n) is 8.45. The largest absolute Gasteiger partial charge is 0.351 e. The Morgan fingerprint density at radius 2 is 2.17 bits per heavy atom. The Labute approximate surface area is 148 Å². The third-order valence-electron chi connectivity index (χ3n) is 4.27. The molecule has 2 heterocycles. The van der Waals surface area contributed by atoms with Crippen LogP contribution in [0.1, 0.15) is 44.4 Å². The summed E-state index contributed by atoms with van der Waals surface area (Å²) in [4.78, 5) is 14.2.